The summed E-state index contributed by atoms with van der Waals surface area (Å²) >= 11 is 0. The van der Waals surface area contributed by atoms with Gasteiger partial charge in [0, 0.05) is 24.0 Å². The fourth-order valence-corrected chi connectivity index (χ4v) is 1.10. The van der Waals surface area contributed by atoms with Gasteiger partial charge in [-0.3, -0.25) is 0 Å². The Balaban J connectivity index is 3.15. The molecule has 0 unspecified atom stereocenters. The summed E-state index contributed by atoms with van der Waals surface area (Å²) in [4.78, 5) is 0. The van der Waals surface area contributed by atoms with Gasteiger partial charge in [0.2, 0.25) is 0 Å². The summed E-state index contributed by atoms with van der Waals surface area (Å²) in [6.07, 6.45) is 0. The average molecular weight is 178 g/mol. The molecule has 0 saturated heterocycles. The van der Waals surface area contributed by atoms with Crippen molar-refractivity contribution < 1.29 is 4.74 Å². The third-order valence-electron chi connectivity index (χ3n) is 1.85. The highest BCUT2D eigenvalue weighted by Gasteiger charge is 2.05. The van der Waals surface area contributed by atoms with E-state index in [-0.39, 0.29) is 0 Å². The van der Waals surface area contributed by atoms with Crippen LogP contribution in [0, 0.1) is 0 Å². The zero-order chi connectivity index (χ0) is 9.84. The Hall–Kier alpha value is -1.64. The number of nitrogen functional groups attached to an aromatic ring is 1. The van der Waals surface area contributed by atoms with Crippen LogP contribution in [0.2, 0.25) is 0 Å². The van der Waals surface area contributed by atoms with Gasteiger partial charge in [0.15, 0.2) is 0 Å². The molecule has 0 aromatic heterocycles. The number of benzene rings is 1. The quantitative estimate of drug-likeness (QED) is 0.689. The standard InChI is InChI=1S/C10H14N2O/c1-7(12-2)9-6-8(11)4-5-10(9)13-3/h4-6,12H,1,11H2,2-3H3. The van der Waals surface area contributed by atoms with E-state index < -0.39 is 0 Å². The molecular formula is C10H14N2O. The predicted octanol–water partition coefficient (Wildman–Crippen LogP) is 1.47. The van der Waals surface area contributed by atoms with Crippen molar-refractivity contribution in [3.8, 4) is 5.75 Å². The highest BCUT2D eigenvalue weighted by molar-refractivity contribution is 5.70. The molecule has 0 aliphatic rings. The summed E-state index contributed by atoms with van der Waals surface area (Å²) in [7, 11) is 3.43. The van der Waals surface area contributed by atoms with Crippen LogP contribution >= 0.6 is 0 Å². The summed E-state index contributed by atoms with van der Waals surface area (Å²) in [5.74, 6) is 0.772. The first-order valence-electron chi connectivity index (χ1n) is 3.99. The van der Waals surface area contributed by atoms with Crippen LogP contribution in [0.25, 0.3) is 5.70 Å². The summed E-state index contributed by atoms with van der Waals surface area (Å²) in [6.45, 7) is 3.85. The van der Waals surface area contributed by atoms with E-state index in [0.29, 0.717) is 5.69 Å². The molecule has 0 atom stereocenters. The van der Waals surface area contributed by atoms with Crippen LogP contribution in [0.5, 0.6) is 5.75 Å². The van der Waals surface area contributed by atoms with Crippen molar-refractivity contribution in [2.24, 2.45) is 0 Å². The van der Waals surface area contributed by atoms with Crippen LogP contribution in [0.4, 0.5) is 5.69 Å². The van der Waals surface area contributed by atoms with Crippen LogP contribution in [0.1, 0.15) is 5.56 Å². The van der Waals surface area contributed by atoms with Gasteiger partial charge in [-0.05, 0) is 18.2 Å². The largest absolute Gasteiger partial charge is 0.496 e. The molecule has 13 heavy (non-hydrogen) atoms. The minimum absolute atomic E-state index is 0.701. The van der Waals surface area contributed by atoms with Gasteiger partial charge in [0.05, 0.1) is 7.11 Å². The Morgan fingerprint density at radius 2 is 2.23 bits per heavy atom. The normalized spacial score (nSPS) is 9.38. The average Bonchev–Trinajstić information content (AvgIpc) is 2.16. The number of methoxy groups -OCH3 is 1. The second-order valence-corrected chi connectivity index (χ2v) is 2.69. The van der Waals surface area contributed by atoms with E-state index >= 15 is 0 Å². The molecule has 1 rings (SSSR count). The molecule has 70 valence electrons. The molecule has 0 aliphatic heterocycles. The minimum Gasteiger partial charge on any atom is -0.496 e. The van der Waals surface area contributed by atoms with Crippen LogP contribution in [0.3, 0.4) is 0 Å². The molecule has 0 aliphatic carbocycles. The van der Waals surface area contributed by atoms with Crippen LogP contribution in [0.15, 0.2) is 24.8 Å². The number of hydrogen-bond donors (Lipinski definition) is 2. The lowest BCUT2D eigenvalue weighted by molar-refractivity contribution is 0.413. The lowest BCUT2D eigenvalue weighted by Crippen LogP contribution is -2.05. The van der Waals surface area contributed by atoms with Gasteiger partial charge in [-0.15, -0.1) is 0 Å². The second-order valence-electron chi connectivity index (χ2n) is 2.69. The lowest BCUT2D eigenvalue weighted by atomic mass is 10.1. The number of ether oxygens (including phenoxy) is 1. The smallest absolute Gasteiger partial charge is 0.128 e. The first-order chi connectivity index (χ1) is 6.19. The van der Waals surface area contributed by atoms with Gasteiger partial charge in [-0.1, -0.05) is 6.58 Å². The highest BCUT2D eigenvalue weighted by Crippen LogP contribution is 2.25. The van der Waals surface area contributed by atoms with Crippen LogP contribution < -0.4 is 15.8 Å². The van der Waals surface area contributed by atoms with Crippen molar-refractivity contribution >= 4 is 11.4 Å². The lowest BCUT2D eigenvalue weighted by Gasteiger charge is -2.10. The van der Waals surface area contributed by atoms with Crippen molar-refractivity contribution in [1.29, 1.82) is 0 Å². The summed E-state index contributed by atoms with van der Waals surface area (Å²) in [5.41, 5.74) is 8.04. The number of hydrogen-bond acceptors (Lipinski definition) is 3. The Morgan fingerprint density at radius 1 is 1.54 bits per heavy atom. The molecule has 3 heteroatoms. The topological polar surface area (TPSA) is 47.3 Å². The van der Waals surface area contributed by atoms with Gasteiger partial charge >= 0.3 is 0 Å². The second kappa shape index (κ2) is 3.85. The highest BCUT2D eigenvalue weighted by atomic mass is 16.5. The van der Waals surface area contributed by atoms with Crippen LogP contribution in [-0.2, 0) is 0 Å². The van der Waals surface area contributed by atoms with E-state index in [0.717, 1.165) is 17.0 Å². The molecule has 0 spiro atoms. The Morgan fingerprint density at radius 3 is 2.77 bits per heavy atom. The third-order valence-corrected chi connectivity index (χ3v) is 1.85. The van der Waals surface area contributed by atoms with Crippen molar-refractivity contribution in [1.82, 2.24) is 5.32 Å². The number of anilines is 1. The fraction of sp³-hybridized carbons (Fsp3) is 0.200. The number of nitrogens with one attached hydrogen (secondary N) is 1. The number of nitrogens with two attached hydrogens (primary N) is 1. The summed E-state index contributed by atoms with van der Waals surface area (Å²) in [6, 6.07) is 5.45. The van der Waals surface area contributed by atoms with Crippen LogP contribution in [-0.4, -0.2) is 14.2 Å². The molecule has 1 aromatic carbocycles. The molecule has 0 fully saturated rings. The maximum absolute atomic E-state index is 5.65. The van der Waals surface area contributed by atoms with Gasteiger partial charge in [-0.2, -0.15) is 0 Å². The third kappa shape index (κ3) is 1.93. The van der Waals surface area contributed by atoms with Gasteiger partial charge in [-0.25, -0.2) is 0 Å². The van der Waals surface area contributed by atoms with Gasteiger partial charge < -0.3 is 15.8 Å². The number of rotatable bonds is 3. The van der Waals surface area contributed by atoms with Crippen molar-refractivity contribution in [3.63, 3.8) is 0 Å². The molecule has 3 nitrogen and oxygen atoms in total. The monoisotopic (exact) mass is 178 g/mol. The first-order valence-corrected chi connectivity index (χ1v) is 3.99. The fourth-order valence-electron chi connectivity index (χ4n) is 1.10. The molecule has 1 aromatic rings. The van der Waals surface area contributed by atoms with E-state index in [9.17, 15) is 0 Å². The Bertz CT molecular complexity index is 321. The molecule has 0 radical (unpaired) electrons. The molecule has 0 saturated carbocycles. The van der Waals surface area contributed by atoms with E-state index in [2.05, 4.69) is 11.9 Å². The predicted molar refractivity (Wildman–Crippen MR) is 55.5 cm³/mol. The maximum Gasteiger partial charge on any atom is 0.128 e. The first kappa shape index (κ1) is 9.45. The van der Waals surface area contributed by atoms with E-state index in [4.69, 9.17) is 10.5 Å². The zero-order valence-corrected chi connectivity index (χ0v) is 7.92. The van der Waals surface area contributed by atoms with Crippen molar-refractivity contribution in [3.05, 3.63) is 30.3 Å². The van der Waals surface area contributed by atoms with Crippen molar-refractivity contribution in [2.45, 2.75) is 0 Å². The van der Waals surface area contributed by atoms with Gasteiger partial charge in [0.25, 0.3) is 0 Å². The summed E-state index contributed by atoms with van der Waals surface area (Å²) in [5, 5.41) is 2.95. The Labute approximate surface area is 78.2 Å². The zero-order valence-electron chi connectivity index (χ0n) is 7.92. The van der Waals surface area contributed by atoms with E-state index in [1.807, 2.05) is 19.2 Å². The molecule has 0 heterocycles. The molecule has 0 amide bonds. The summed E-state index contributed by atoms with van der Waals surface area (Å²) < 4.78 is 5.17. The molecule has 0 bridgehead atoms. The Kier molecular flexibility index (Phi) is 2.80. The van der Waals surface area contributed by atoms with Crippen molar-refractivity contribution in [2.75, 3.05) is 19.9 Å². The van der Waals surface area contributed by atoms with E-state index in [1.165, 1.54) is 0 Å². The maximum atomic E-state index is 5.65. The molecular weight excluding hydrogens is 164 g/mol. The molecule has 3 N–H and O–H groups in total. The van der Waals surface area contributed by atoms with Gasteiger partial charge in [0.1, 0.15) is 5.75 Å². The van der Waals surface area contributed by atoms with E-state index in [1.54, 1.807) is 13.2 Å². The SMILES string of the molecule is C=C(NC)c1cc(N)ccc1OC. The minimum atomic E-state index is 0.701.